The molecule has 0 amide bonds. The van der Waals surface area contributed by atoms with Crippen molar-refractivity contribution in [2.45, 2.75) is 405 Å². The normalized spacial score (nSPS) is 12.6. The van der Waals surface area contributed by atoms with Crippen LogP contribution < -0.4 is 0 Å². The first-order chi connectivity index (χ1) is 42.6. The summed E-state index contributed by atoms with van der Waals surface area (Å²) in [6, 6.07) is 0. The molecule has 0 bridgehead atoms. The van der Waals surface area contributed by atoms with Crippen LogP contribution in [-0.4, -0.2) is 36.4 Å². The number of ether oxygens (including phenoxy) is 2. The maximum absolute atomic E-state index is 12.4. The molecule has 0 aliphatic carbocycles. The van der Waals surface area contributed by atoms with Crippen molar-refractivity contribution in [1.29, 1.82) is 0 Å². The molecule has 0 spiro atoms. The van der Waals surface area contributed by atoms with Crippen LogP contribution in [0.25, 0.3) is 0 Å². The molecule has 1 atom stereocenters. The van der Waals surface area contributed by atoms with Gasteiger partial charge < -0.3 is 14.6 Å². The number of aliphatic hydroxyl groups excluding tert-OH is 1. The molecule has 86 heavy (non-hydrogen) atoms. The zero-order valence-corrected chi connectivity index (χ0v) is 57.6. The van der Waals surface area contributed by atoms with Crippen molar-refractivity contribution in [1.82, 2.24) is 0 Å². The SMILES string of the molecule is CC/C=C\C/C=C\C/C=C\C/C=C\C/C=C\C/C=C\C/C=C\CCCCCCCCCCCCCCCCCCCCCC(=O)OC(CO)COC(=O)CCCCCCCCCCCCCCCCCCCCCCCCCCCCCCCCC. The maximum Gasteiger partial charge on any atom is 0.306 e. The fraction of sp³-hybridized carbons (Fsp3) is 0.802. The zero-order valence-electron chi connectivity index (χ0n) is 57.6. The standard InChI is InChI=1S/C81H146O5/c1-3-5-7-9-11-13-15-17-19-21-23-25-27-29-31-33-35-36-37-38-39-40-41-42-43-44-46-48-50-52-54-56-58-60-62-64-66-68-70-72-74-76-81(84)86-79(77-82)78-85-80(83)75-73-71-69-67-65-63-61-59-57-55-53-51-49-47-45-34-32-30-28-26-24-22-20-18-16-14-12-10-8-6-4-2/h5,7,11,13,17,19,23,25,29,31,35-36,38-39,79,82H,3-4,6,8-10,12,14-16,18,20-22,24,26-28,30,32-34,37,40-78H2,1-2H3/b7-5-,13-11-,19-17-,25-23-,31-29-,36-35-,39-38-. The highest BCUT2D eigenvalue weighted by molar-refractivity contribution is 5.70. The number of carbonyl (C=O) groups is 2. The minimum atomic E-state index is -0.773. The van der Waals surface area contributed by atoms with E-state index in [4.69, 9.17) is 9.47 Å². The molecule has 0 aromatic rings. The van der Waals surface area contributed by atoms with Crippen molar-refractivity contribution in [3.05, 3.63) is 85.1 Å². The Morgan fingerprint density at radius 1 is 0.279 bits per heavy atom. The van der Waals surface area contributed by atoms with Crippen molar-refractivity contribution in [3.8, 4) is 0 Å². The molecule has 0 saturated heterocycles. The van der Waals surface area contributed by atoms with Gasteiger partial charge in [-0.1, -0.05) is 401 Å². The Hall–Kier alpha value is -2.92. The molecule has 5 nitrogen and oxygen atoms in total. The average molecular weight is 1200 g/mol. The van der Waals surface area contributed by atoms with Crippen molar-refractivity contribution >= 4 is 11.9 Å². The molecule has 0 radical (unpaired) electrons. The van der Waals surface area contributed by atoms with E-state index < -0.39 is 6.10 Å². The van der Waals surface area contributed by atoms with Crippen LogP contribution in [0.3, 0.4) is 0 Å². The van der Waals surface area contributed by atoms with Crippen LogP contribution >= 0.6 is 0 Å². The molecule has 1 unspecified atom stereocenters. The third-order valence-electron chi connectivity index (χ3n) is 17.2. The Morgan fingerprint density at radius 3 is 0.756 bits per heavy atom. The highest BCUT2D eigenvalue weighted by atomic mass is 16.6. The van der Waals surface area contributed by atoms with E-state index in [1.54, 1.807) is 0 Å². The third kappa shape index (κ3) is 73.5. The monoisotopic (exact) mass is 1200 g/mol. The van der Waals surface area contributed by atoms with Gasteiger partial charge in [0.1, 0.15) is 6.61 Å². The molecule has 0 heterocycles. The maximum atomic E-state index is 12.4. The van der Waals surface area contributed by atoms with Crippen molar-refractivity contribution in [2.24, 2.45) is 0 Å². The number of unbranched alkanes of at least 4 members (excludes halogenated alkanes) is 49. The molecular formula is C81H146O5. The van der Waals surface area contributed by atoms with E-state index in [0.29, 0.717) is 12.8 Å². The molecule has 0 aromatic carbocycles. The Morgan fingerprint density at radius 2 is 0.500 bits per heavy atom. The summed E-state index contributed by atoms with van der Waals surface area (Å²) in [6.07, 6.45) is 108. The summed E-state index contributed by atoms with van der Waals surface area (Å²) in [4.78, 5) is 24.7. The van der Waals surface area contributed by atoms with Crippen LogP contribution in [-0.2, 0) is 19.1 Å². The summed E-state index contributed by atoms with van der Waals surface area (Å²) >= 11 is 0. The average Bonchev–Trinajstić information content (AvgIpc) is 3.54. The number of allylic oxidation sites excluding steroid dienone is 14. The predicted octanol–water partition coefficient (Wildman–Crippen LogP) is 26.8. The van der Waals surface area contributed by atoms with Crippen LogP contribution in [0.15, 0.2) is 85.1 Å². The molecule has 0 aliphatic heterocycles. The van der Waals surface area contributed by atoms with Gasteiger partial charge in [-0.3, -0.25) is 9.59 Å². The van der Waals surface area contributed by atoms with Gasteiger partial charge in [0.05, 0.1) is 6.61 Å². The highest BCUT2D eigenvalue weighted by Crippen LogP contribution is 2.19. The lowest BCUT2D eigenvalue weighted by Gasteiger charge is -2.15. The van der Waals surface area contributed by atoms with Gasteiger partial charge in [-0.15, -0.1) is 0 Å². The van der Waals surface area contributed by atoms with Crippen molar-refractivity contribution in [3.63, 3.8) is 0 Å². The second-order valence-corrected chi connectivity index (χ2v) is 25.7. The highest BCUT2D eigenvalue weighted by Gasteiger charge is 2.16. The number of hydrogen-bond acceptors (Lipinski definition) is 5. The summed E-state index contributed by atoms with van der Waals surface area (Å²) in [5.41, 5.74) is 0. The first-order valence-electron chi connectivity index (χ1n) is 38.1. The molecule has 0 saturated carbocycles. The smallest absolute Gasteiger partial charge is 0.306 e. The summed E-state index contributed by atoms with van der Waals surface area (Å²) in [5, 5.41) is 9.72. The summed E-state index contributed by atoms with van der Waals surface area (Å²) in [5.74, 6) is -0.568. The van der Waals surface area contributed by atoms with Crippen LogP contribution in [0.4, 0.5) is 0 Å². The van der Waals surface area contributed by atoms with Gasteiger partial charge in [0.15, 0.2) is 6.10 Å². The molecule has 0 aromatic heterocycles. The van der Waals surface area contributed by atoms with Crippen molar-refractivity contribution in [2.75, 3.05) is 13.2 Å². The number of hydrogen-bond donors (Lipinski definition) is 1. The van der Waals surface area contributed by atoms with E-state index in [2.05, 4.69) is 98.9 Å². The van der Waals surface area contributed by atoms with E-state index in [9.17, 15) is 14.7 Å². The largest absolute Gasteiger partial charge is 0.462 e. The molecule has 0 aliphatic rings. The Bertz CT molecular complexity index is 1550. The molecule has 5 heteroatoms. The topological polar surface area (TPSA) is 72.8 Å². The van der Waals surface area contributed by atoms with Gasteiger partial charge >= 0.3 is 11.9 Å². The Balaban J connectivity index is 3.41. The Kier molecular flexibility index (Phi) is 73.7. The van der Waals surface area contributed by atoms with Gasteiger partial charge in [-0.25, -0.2) is 0 Å². The van der Waals surface area contributed by atoms with E-state index in [1.165, 1.54) is 295 Å². The van der Waals surface area contributed by atoms with Crippen LogP contribution in [0.5, 0.6) is 0 Å². The lowest BCUT2D eigenvalue weighted by atomic mass is 10.0. The van der Waals surface area contributed by atoms with E-state index in [1.807, 2.05) is 0 Å². The number of carbonyl (C=O) groups excluding carboxylic acids is 2. The predicted molar refractivity (Wildman–Crippen MR) is 380 cm³/mol. The van der Waals surface area contributed by atoms with Crippen molar-refractivity contribution < 1.29 is 24.2 Å². The molecule has 0 fully saturated rings. The zero-order chi connectivity index (χ0) is 61.9. The van der Waals surface area contributed by atoms with E-state index >= 15 is 0 Å². The number of rotatable bonds is 71. The van der Waals surface area contributed by atoms with Gasteiger partial charge in [0.2, 0.25) is 0 Å². The van der Waals surface area contributed by atoms with Crippen LogP contribution in [0, 0.1) is 0 Å². The van der Waals surface area contributed by atoms with Gasteiger partial charge in [0, 0.05) is 12.8 Å². The Labute approximate surface area is 536 Å². The second kappa shape index (κ2) is 76.3. The molecular weight excluding hydrogens is 1050 g/mol. The van der Waals surface area contributed by atoms with Crippen LogP contribution in [0.2, 0.25) is 0 Å². The van der Waals surface area contributed by atoms with Crippen LogP contribution in [0.1, 0.15) is 399 Å². The molecule has 1 N–H and O–H groups in total. The minimum absolute atomic E-state index is 0.0612. The number of aliphatic hydroxyl groups is 1. The third-order valence-corrected chi connectivity index (χ3v) is 17.2. The lowest BCUT2D eigenvalue weighted by Crippen LogP contribution is -2.28. The lowest BCUT2D eigenvalue weighted by molar-refractivity contribution is -0.161. The first kappa shape index (κ1) is 83.1. The van der Waals surface area contributed by atoms with E-state index in [0.717, 1.165) is 77.0 Å². The van der Waals surface area contributed by atoms with E-state index in [-0.39, 0.29) is 25.2 Å². The fourth-order valence-corrected chi connectivity index (χ4v) is 11.5. The van der Waals surface area contributed by atoms with Gasteiger partial charge in [-0.05, 0) is 70.6 Å². The second-order valence-electron chi connectivity index (χ2n) is 25.7. The minimum Gasteiger partial charge on any atom is -0.462 e. The first-order valence-corrected chi connectivity index (χ1v) is 38.1. The fourth-order valence-electron chi connectivity index (χ4n) is 11.5. The molecule has 0 rings (SSSR count). The van der Waals surface area contributed by atoms with Gasteiger partial charge in [0.25, 0.3) is 0 Å². The summed E-state index contributed by atoms with van der Waals surface area (Å²) in [7, 11) is 0. The number of esters is 2. The summed E-state index contributed by atoms with van der Waals surface area (Å²) in [6.45, 7) is 4.08. The van der Waals surface area contributed by atoms with Gasteiger partial charge in [-0.2, -0.15) is 0 Å². The summed E-state index contributed by atoms with van der Waals surface area (Å²) < 4.78 is 10.8. The quantitative estimate of drug-likeness (QED) is 0.0373. The molecule has 500 valence electrons.